The molecule has 0 bridgehead atoms. The van der Waals surface area contributed by atoms with Crippen LogP contribution < -0.4 is 4.74 Å². The van der Waals surface area contributed by atoms with Crippen LogP contribution in [-0.2, 0) is 4.79 Å². The molecule has 1 N–H and O–H groups in total. The number of rotatable bonds is 6. The lowest BCUT2D eigenvalue weighted by Gasteiger charge is -2.39. The van der Waals surface area contributed by atoms with Crippen LogP contribution in [0.2, 0.25) is 0 Å². The highest BCUT2D eigenvalue weighted by molar-refractivity contribution is 8.00. The number of aromatic amines is 1. The lowest BCUT2D eigenvalue weighted by molar-refractivity contribution is -0.133. The number of carbonyl (C=O) groups is 1. The van der Waals surface area contributed by atoms with E-state index >= 15 is 0 Å². The number of aromatic nitrogens is 3. The second-order valence-corrected chi connectivity index (χ2v) is 8.36. The van der Waals surface area contributed by atoms with Crippen LogP contribution in [0.4, 0.5) is 0 Å². The summed E-state index contributed by atoms with van der Waals surface area (Å²) in [6.07, 6.45) is 4.58. The van der Waals surface area contributed by atoms with Gasteiger partial charge < -0.3 is 9.64 Å². The van der Waals surface area contributed by atoms with Crippen LogP contribution in [0.3, 0.4) is 0 Å². The molecule has 0 unspecified atom stereocenters. The molecule has 0 spiro atoms. The lowest BCUT2D eigenvalue weighted by atomic mass is 9.81. The van der Waals surface area contributed by atoms with Crippen molar-refractivity contribution in [2.24, 2.45) is 0 Å². The van der Waals surface area contributed by atoms with E-state index in [9.17, 15) is 10.1 Å². The first kappa shape index (κ1) is 20.2. The van der Waals surface area contributed by atoms with E-state index in [1.54, 1.807) is 19.1 Å². The zero-order chi connectivity index (χ0) is 20.1. The number of methoxy groups -OCH3 is 1. The second-order valence-electron chi connectivity index (χ2n) is 7.06. The van der Waals surface area contributed by atoms with E-state index in [-0.39, 0.29) is 11.2 Å². The molecule has 3 rings (SSSR count). The molecule has 148 valence electrons. The number of benzene rings is 1. The minimum atomic E-state index is -0.683. The van der Waals surface area contributed by atoms with Crippen LogP contribution in [0.25, 0.3) is 11.4 Å². The van der Waals surface area contributed by atoms with E-state index in [2.05, 4.69) is 21.3 Å². The number of amides is 1. The van der Waals surface area contributed by atoms with Crippen molar-refractivity contribution < 1.29 is 9.53 Å². The Morgan fingerprint density at radius 1 is 1.32 bits per heavy atom. The summed E-state index contributed by atoms with van der Waals surface area (Å²) in [4.78, 5) is 19.1. The zero-order valence-electron chi connectivity index (χ0n) is 16.4. The predicted octanol–water partition coefficient (Wildman–Crippen LogP) is 3.65. The molecule has 1 aliphatic carbocycles. The molecule has 1 amide bonds. The van der Waals surface area contributed by atoms with Gasteiger partial charge in [0.15, 0.2) is 5.82 Å². The topological polar surface area (TPSA) is 94.9 Å². The Balaban J connectivity index is 1.67. The summed E-state index contributed by atoms with van der Waals surface area (Å²) < 4.78 is 5.16. The van der Waals surface area contributed by atoms with E-state index in [4.69, 9.17) is 4.74 Å². The molecule has 2 aromatic rings. The van der Waals surface area contributed by atoms with Crippen molar-refractivity contribution in [2.45, 2.75) is 55.0 Å². The summed E-state index contributed by atoms with van der Waals surface area (Å²) in [5.41, 5.74) is 0.208. The van der Waals surface area contributed by atoms with Crippen LogP contribution in [0.15, 0.2) is 29.4 Å². The Labute approximate surface area is 169 Å². The van der Waals surface area contributed by atoms with Gasteiger partial charge in [-0.2, -0.15) is 5.26 Å². The van der Waals surface area contributed by atoms with Gasteiger partial charge in [-0.25, -0.2) is 4.98 Å². The summed E-state index contributed by atoms with van der Waals surface area (Å²) in [6, 6.07) is 9.91. The highest BCUT2D eigenvalue weighted by Crippen LogP contribution is 2.34. The van der Waals surface area contributed by atoms with E-state index in [0.717, 1.165) is 43.4 Å². The van der Waals surface area contributed by atoms with Crippen LogP contribution in [0.1, 0.15) is 39.0 Å². The third kappa shape index (κ3) is 4.14. The van der Waals surface area contributed by atoms with Gasteiger partial charge in [0.25, 0.3) is 0 Å². The minimum Gasteiger partial charge on any atom is -0.497 e. The molecule has 0 radical (unpaired) electrons. The number of hydrogen-bond donors (Lipinski definition) is 1. The van der Waals surface area contributed by atoms with E-state index in [1.807, 2.05) is 31.2 Å². The molecule has 1 aromatic carbocycles. The van der Waals surface area contributed by atoms with Gasteiger partial charge >= 0.3 is 0 Å². The van der Waals surface area contributed by atoms with Gasteiger partial charge in [-0.15, -0.1) is 5.10 Å². The quantitative estimate of drug-likeness (QED) is 0.745. The van der Waals surface area contributed by atoms with Crippen molar-refractivity contribution in [2.75, 3.05) is 14.2 Å². The molecule has 7 nitrogen and oxygen atoms in total. The standard InChI is InChI=1S/C20H25N5O2S/c1-14(18(26)25(2)20(13-21)11-5-4-6-12-20)28-19-22-17(23-24-19)15-7-9-16(27-3)10-8-15/h7-10,14H,4-6,11-12H2,1-3H3,(H,22,23,24)/t14-/m0/s1. The smallest absolute Gasteiger partial charge is 0.236 e. The van der Waals surface area contributed by atoms with Crippen LogP contribution in [-0.4, -0.2) is 50.9 Å². The maximum Gasteiger partial charge on any atom is 0.236 e. The highest BCUT2D eigenvalue weighted by atomic mass is 32.2. The Morgan fingerprint density at radius 3 is 2.61 bits per heavy atom. The van der Waals surface area contributed by atoms with E-state index < -0.39 is 5.54 Å². The largest absolute Gasteiger partial charge is 0.497 e. The van der Waals surface area contributed by atoms with Gasteiger partial charge in [0.1, 0.15) is 11.3 Å². The molecule has 1 fully saturated rings. The first-order chi connectivity index (χ1) is 13.5. The summed E-state index contributed by atoms with van der Waals surface area (Å²) in [5, 5.41) is 17.0. The van der Waals surface area contributed by atoms with Crippen molar-refractivity contribution >= 4 is 17.7 Å². The molecule has 1 atom stereocenters. The Bertz CT molecular complexity index is 852. The van der Waals surface area contributed by atoms with Gasteiger partial charge in [0, 0.05) is 12.6 Å². The number of ether oxygens (including phenoxy) is 1. The molecule has 0 saturated heterocycles. The molecule has 1 saturated carbocycles. The zero-order valence-corrected chi connectivity index (χ0v) is 17.3. The molecular formula is C20H25N5O2S. The number of nitriles is 1. The summed E-state index contributed by atoms with van der Waals surface area (Å²) in [6.45, 7) is 1.83. The fraction of sp³-hybridized carbons (Fsp3) is 0.500. The highest BCUT2D eigenvalue weighted by Gasteiger charge is 2.40. The van der Waals surface area contributed by atoms with Gasteiger partial charge in [-0.3, -0.25) is 9.89 Å². The number of H-pyrrole nitrogens is 1. The van der Waals surface area contributed by atoms with Crippen LogP contribution in [0.5, 0.6) is 5.75 Å². The SMILES string of the molecule is COc1ccc(-c2nc(S[C@@H](C)C(=O)N(C)C3(C#N)CCCCC3)n[nH]2)cc1. The third-order valence-corrected chi connectivity index (χ3v) is 6.27. The number of nitrogens with one attached hydrogen (secondary N) is 1. The molecule has 0 aliphatic heterocycles. The van der Waals surface area contributed by atoms with Crippen LogP contribution in [0, 0.1) is 11.3 Å². The normalized spacial score (nSPS) is 16.8. The van der Waals surface area contributed by atoms with E-state index in [1.165, 1.54) is 11.8 Å². The summed E-state index contributed by atoms with van der Waals surface area (Å²) >= 11 is 1.30. The number of nitrogens with zero attached hydrogens (tertiary/aromatic N) is 4. The second kappa shape index (κ2) is 8.65. The molecule has 1 aliphatic rings. The summed E-state index contributed by atoms with van der Waals surface area (Å²) in [5.74, 6) is 1.34. The first-order valence-electron chi connectivity index (χ1n) is 9.41. The maximum absolute atomic E-state index is 12.9. The molecule has 28 heavy (non-hydrogen) atoms. The summed E-state index contributed by atoms with van der Waals surface area (Å²) in [7, 11) is 3.37. The Hall–Kier alpha value is -2.53. The Morgan fingerprint density at radius 2 is 2.00 bits per heavy atom. The number of thioether (sulfide) groups is 1. The predicted molar refractivity (Wildman–Crippen MR) is 108 cm³/mol. The van der Waals surface area contributed by atoms with Crippen molar-refractivity contribution in [3.8, 4) is 23.2 Å². The fourth-order valence-corrected chi connectivity index (χ4v) is 4.35. The van der Waals surface area contributed by atoms with Crippen molar-refractivity contribution in [1.29, 1.82) is 5.26 Å². The fourth-order valence-electron chi connectivity index (χ4n) is 3.53. The average molecular weight is 400 g/mol. The maximum atomic E-state index is 12.9. The first-order valence-corrected chi connectivity index (χ1v) is 10.3. The monoisotopic (exact) mass is 399 g/mol. The van der Waals surface area contributed by atoms with Crippen molar-refractivity contribution in [3.05, 3.63) is 24.3 Å². The van der Waals surface area contributed by atoms with Crippen molar-refractivity contribution in [3.63, 3.8) is 0 Å². The van der Waals surface area contributed by atoms with Crippen molar-refractivity contribution in [1.82, 2.24) is 20.1 Å². The molecular weight excluding hydrogens is 374 g/mol. The third-order valence-electron chi connectivity index (χ3n) is 5.32. The van der Waals surface area contributed by atoms with Gasteiger partial charge in [-0.05, 0) is 44.0 Å². The molecule has 1 aromatic heterocycles. The van der Waals surface area contributed by atoms with Gasteiger partial charge in [-0.1, -0.05) is 31.0 Å². The average Bonchev–Trinajstić information content (AvgIpc) is 3.21. The number of hydrogen-bond acceptors (Lipinski definition) is 6. The molecule has 1 heterocycles. The Kier molecular flexibility index (Phi) is 6.25. The molecule has 8 heteroatoms. The lowest BCUT2D eigenvalue weighted by Crippen LogP contribution is -2.52. The van der Waals surface area contributed by atoms with Crippen LogP contribution >= 0.6 is 11.8 Å². The van der Waals surface area contributed by atoms with Gasteiger partial charge in [0.05, 0.1) is 18.4 Å². The van der Waals surface area contributed by atoms with Gasteiger partial charge in [0.2, 0.25) is 11.1 Å². The van der Waals surface area contributed by atoms with E-state index in [0.29, 0.717) is 11.0 Å². The number of carbonyl (C=O) groups excluding carboxylic acids is 1. The minimum absolute atomic E-state index is 0.0655.